The molecule has 2 aromatic rings. The molecular formula is C9H16N10. The molecule has 0 aromatic carbocycles. The Morgan fingerprint density at radius 2 is 2.00 bits per heavy atom. The number of anilines is 3. The quantitative estimate of drug-likeness (QED) is 0.459. The van der Waals surface area contributed by atoms with Crippen LogP contribution in [0.4, 0.5) is 17.8 Å². The Bertz CT molecular complexity index is 548. The number of hydrazine groups is 1. The average molecular weight is 264 g/mol. The van der Waals surface area contributed by atoms with Crippen molar-refractivity contribution in [1.29, 1.82) is 0 Å². The summed E-state index contributed by atoms with van der Waals surface area (Å²) in [5.41, 5.74) is 2.41. The van der Waals surface area contributed by atoms with Gasteiger partial charge < -0.3 is 14.8 Å². The summed E-state index contributed by atoms with van der Waals surface area (Å²) in [6, 6.07) is 0. The highest BCUT2D eigenvalue weighted by atomic mass is 15.4. The smallest absolute Gasteiger partial charge is 0.243 e. The Labute approximate surface area is 110 Å². The van der Waals surface area contributed by atoms with E-state index in [1.165, 1.54) is 0 Å². The lowest BCUT2D eigenvalue weighted by Gasteiger charge is -2.12. The predicted molar refractivity (Wildman–Crippen MR) is 70.3 cm³/mol. The van der Waals surface area contributed by atoms with Crippen molar-refractivity contribution in [3.63, 3.8) is 0 Å². The Morgan fingerprint density at radius 3 is 2.58 bits per heavy atom. The molecule has 0 amide bonds. The Hall–Kier alpha value is -2.49. The number of rotatable bonds is 5. The molecule has 4 N–H and O–H groups in total. The van der Waals surface area contributed by atoms with Gasteiger partial charge in [0.1, 0.15) is 6.33 Å². The van der Waals surface area contributed by atoms with Crippen LogP contribution in [0.2, 0.25) is 0 Å². The minimum Gasteiger partial charge on any atom is -0.347 e. The van der Waals surface area contributed by atoms with Crippen LogP contribution in [0.3, 0.4) is 0 Å². The molecule has 102 valence electrons. The van der Waals surface area contributed by atoms with Crippen molar-refractivity contribution in [2.75, 3.05) is 29.7 Å². The number of nitrogens with two attached hydrogens (primary N) is 1. The maximum atomic E-state index is 5.33. The average Bonchev–Trinajstić information content (AvgIpc) is 2.81. The van der Waals surface area contributed by atoms with E-state index in [0.717, 1.165) is 5.82 Å². The monoisotopic (exact) mass is 264 g/mol. The standard InChI is InChI=1S/C9H16N10/c1-18(2)9-14-7(13-8(15-9)16-10)11-4-6-17-12-5-19(6)3/h5H,4,10H2,1-3H3,(H2,11,13,14,15,16). The Morgan fingerprint density at radius 1 is 1.26 bits per heavy atom. The van der Waals surface area contributed by atoms with Crippen molar-refractivity contribution < 1.29 is 0 Å². The fraction of sp³-hybridized carbons (Fsp3) is 0.444. The zero-order valence-electron chi connectivity index (χ0n) is 11.0. The van der Waals surface area contributed by atoms with Gasteiger partial charge in [0.25, 0.3) is 0 Å². The lowest BCUT2D eigenvalue weighted by Crippen LogP contribution is -2.19. The van der Waals surface area contributed by atoms with Crippen LogP contribution in [0, 0.1) is 0 Å². The highest BCUT2D eigenvalue weighted by Crippen LogP contribution is 2.11. The van der Waals surface area contributed by atoms with Crippen LogP contribution in [0.15, 0.2) is 6.33 Å². The van der Waals surface area contributed by atoms with Crippen molar-refractivity contribution in [3.05, 3.63) is 12.2 Å². The van der Waals surface area contributed by atoms with Gasteiger partial charge in [0.05, 0.1) is 6.54 Å². The maximum absolute atomic E-state index is 5.33. The first-order valence-electron chi connectivity index (χ1n) is 5.57. The minimum absolute atomic E-state index is 0.291. The molecule has 0 fully saturated rings. The largest absolute Gasteiger partial charge is 0.347 e. The lowest BCUT2D eigenvalue weighted by atomic mass is 10.6. The van der Waals surface area contributed by atoms with E-state index in [1.807, 2.05) is 25.7 Å². The molecule has 19 heavy (non-hydrogen) atoms. The van der Waals surface area contributed by atoms with E-state index >= 15 is 0 Å². The van der Waals surface area contributed by atoms with Crippen molar-refractivity contribution in [1.82, 2.24) is 29.7 Å². The van der Waals surface area contributed by atoms with Gasteiger partial charge in [-0.3, -0.25) is 5.43 Å². The zero-order valence-corrected chi connectivity index (χ0v) is 11.0. The van der Waals surface area contributed by atoms with Crippen LogP contribution >= 0.6 is 0 Å². The highest BCUT2D eigenvalue weighted by Gasteiger charge is 2.08. The topological polar surface area (TPSA) is 123 Å². The van der Waals surface area contributed by atoms with Crippen molar-refractivity contribution in [2.45, 2.75) is 6.54 Å². The fourth-order valence-corrected chi connectivity index (χ4v) is 1.33. The van der Waals surface area contributed by atoms with Gasteiger partial charge in [0.2, 0.25) is 17.8 Å². The molecule has 10 heteroatoms. The normalized spacial score (nSPS) is 10.3. The van der Waals surface area contributed by atoms with Crippen LogP contribution in [-0.2, 0) is 13.6 Å². The van der Waals surface area contributed by atoms with Crippen LogP contribution in [0.25, 0.3) is 0 Å². The summed E-state index contributed by atoms with van der Waals surface area (Å²) in [5, 5.41) is 10.8. The lowest BCUT2D eigenvalue weighted by molar-refractivity contribution is 0.805. The molecule has 0 aliphatic heterocycles. The predicted octanol–water partition coefficient (Wildman–Crippen LogP) is -1.04. The van der Waals surface area contributed by atoms with E-state index in [1.54, 1.807) is 11.2 Å². The molecule has 2 heterocycles. The van der Waals surface area contributed by atoms with Gasteiger partial charge in [0, 0.05) is 21.1 Å². The molecule has 0 aliphatic carbocycles. The first-order chi connectivity index (χ1) is 9.10. The Kier molecular flexibility index (Phi) is 3.71. The molecular weight excluding hydrogens is 248 g/mol. The third-order valence-corrected chi connectivity index (χ3v) is 2.36. The molecule has 0 saturated carbocycles. The van der Waals surface area contributed by atoms with E-state index in [0.29, 0.717) is 24.4 Å². The van der Waals surface area contributed by atoms with E-state index in [9.17, 15) is 0 Å². The summed E-state index contributed by atoms with van der Waals surface area (Å²) in [4.78, 5) is 14.2. The number of nitrogens with zero attached hydrogens (tertiary/aromatic N) is 7. The van der Waals surface area contributed by atoms with Gasteiger partial charge in [0.15, 0.2) is 5.82 Å². The van der Waals surface area contributed by atoms with Gasteiger partial charge >= 0.3 is 0 Å². The van der Waals surface area contributed by atoms with Crippen LogP contribution in [0.1, 0.15) is 5.82 Å². The van der Waals surface area contributed by atoms with Gasteiger partial charge in [-0.15, -0.1) is 10.2 Å². The number of hydrogen-bond acceptors (Lipinski definition) is 9. The number of hydrogen-bond donors (Lipinski definition) is 3. The zero-order chi connectivity index (χ0) is 13.8. The van der Waals surface area contributed by atoms with Crippen molar-refractivity contribution in [2.24, 2.45) is 12.9 Å². The van der Waals surface area contributed by atoms with Crippen molar-refractivity contribution in [3.8, 4) is 0 Å². The van der Waals surface area contributed by atoms with Crippen molar-refractivity contribution >= 4 is 17.8 Å². The Balaban J connectivity index is 2.15. The molecule has 0 bridgehead atoms. The maximum Gasteiger partial charge on any atom is 0.243 e. The van der Waals surface area contributed by atoms with Crippen LogP contribution in [0.5, 0.6) is 0 Å². The molecule has 0 aliphatic rings. The second kappa shape index (κ2) is 5.44. The molecule has 2 rings (SSSR count). The summed E-state index contributed by atoms with van der Waals surface area (Å²) in [7, 11) is 5.53. The van der Waals surface area contributed by atoms with E-state index < -0.39 is 0 Å². The number of nitrogens with one attached hydrogen (secondary N) is 2. The SMILES string of the molecule is CN(C)c1nc(NN)nc(NCc2nncn2C)n1. The van der Waals surface area contributed by atoms with Gasteiger partial charge in [-0.1, -0.05) is 0 Å². The molecule has 0 saturated heterocycles. The molecule has 0 radical (unpaired) electrons. The van der Waals surface area contributed by atoms with Crippen LogP contribution < -0.4 is 21.5 Å². The van der Waals surface area contributed by atoms with Gasteiger partial charge in [-0.2, -0.15) is 15.0 Å². The van der Waals surface area contributed by atoms with E-state index in [2.05, 4.69) is 35.9 Å². The summed E-state index contributed by atoms with van der Waals surface area (Å²) in [5.74, 6) is 7.31. The first kappa shape index (κ1) is 13.0. The molecule has 2 aromatic heterocycles. The third-order valence-electron chi connectivity index (χ3n) is 2.36. The summed E-state index contributed by atoms with van der Waals surface area (Å²) >= 11 is 0. The van der Waals surface area contributed by atoms with E-state index in [4.69, 9.17) is 5.84 Å². The molecule has 10 nitrogen and oxygen atoms in total. The molecule has 0 unspecified atom stereocenters. The highest BCUT2D eigenvalue weighted by molar-refractivity contribution is 5.42. The number of aryl methyl sites for hydroxylation is 1. The minimum atomic E-state index is 0.291. The summed E-state index contributed by atoms with van der Waals surface area (Å²) in [6.07, 6.45) is 1.63. The third kappa shape index (κ3) is 3.04. The van der Waals surface area contributed by atoms with Gasteiger partial charge in [-0.25, -0.2) is 5.84 Å². The molecule has 0 spiro atoms. The fourth-order valence-electron chi connectivity index (χ4n) is 1.33. The van der Waals surface area contributed by atoms with Crippen LogP contribution in [-0.4, -0.2) is 43.8 Å². The first-order valence-corrected chi connectivity index (χ1v) is 5.57. The van der Waals surface area contributed by atoms with E-state index in [-0.39, 0.29) is 0 Å². The number of aromatic nitrogens is 6. The van der Waals surface area contributed by atoms with Gasteiger partial charge in [-0.05, 0) is 0 Å². The molecule has 0 atom stereocenters. The summed E-state index contributed by atoms with van der Waals surface area (Å²) in [6.45, 7) is 0.456. The second-order valence-corrected chi connectivity index (χ2v) is 4.03. The number of nitrogen functional groups attached to an aromatic ring is 1. The second-order valence-electron chi connectivity index (χ2n) is 4.03. The summed E-state index contributed by atoms with van der Waals surface area (Å²) < 4.78 is 1.81.